The molecule has 20 heavy (non-hydrogen) atoms. The van der Waals surface area contributed by atoms with Crippen LogP contribution in [0.15, 0.2) is 28.7 Å². The Bertz CT molecular complexity index is 436. The lowest BCUT2D eigenvalue weighted by Crippen LogP contribution is -2.38. The first kappa shape index (κ1) is 17.2. The second-order valence-electron chi connectivity index (χ2n) is 5.16. The van der Waals surface area contributed by atoms with Gasteiger partial charge in [-0.3, -0.25) is 4.79 Å². The van der Waals surface area contributed by atoms with Gasteiger partial charge in [0.1, 0.15) is 0 Å². The van der Waals surface area contributed by atoms with E-state index in [1.165, 1.54) is 0 Å². The number of rotatable bonds is 7. The van der Waals surface area contributed by atoms with Crippen molar-refractivity contribution in [2.45, 2.75) is 52.1 Å². The minimum atomic E-state index is -0.0479. The van der Waals surface area contributed by atoms with Crippen LogP contribution in [0.25, 0.3) is 0 Å². The summed E-state index contributed by atoms with van der Waals surface area (Å²) in [6.45, 7) is 6.94. The molecule has 4 heteroatoms. The van der Waals surface area contributed by atoms with Gasteiger partial charge in [-0.15, -0.1) is 0 Å². The third-order valence-corrected chi connectivity index (χ3v) is 4.29. The van der Waals surface area contributed by atoms with Crippen molar-refractivity contribution in [3.63, 3.8) is 0 Å². The van der Waals surface area contributed by atoms with Gasteiger partial charge in [-0.25, -0.2) is 0 Å². The van der Waals surface area contributed by atoms with Gasteiger partial charge in [0, 0.05) is 23.5 Å². The summed E-state index contributed by atoms with van der Waals surface area (Å²) < 4.78 is 1.04. The van der Waals surface area contributed by atoms with Crippen molar-refractivity contribution in [1.82, 2.24) is 4.90 Å². The van der Waals surface area contributed by atoms with Gasteiger partial charge in [-0.05, 0) is 31.4 Å². The van der Waals surface area contributed by atoms with Crippen LogP contribution in [0, 0.1) is 0 Å². The zero-order valence-corrected chi connectivity index (χ0v) is 14.2. The number of amides is 1. The molecular formula is C16H25BrN2O. The van der Waals surface area contributed by atoms with Gasteiger partial charge in [-0.1, -0.05) is 48.0 Å². The van der Waals surface area contributed by atoms with Crippen LogP contribution in [0.3, 0.4) is 0 Å². The van der Waals surface area contributed by atoms with E-state index in [1.807, 2.05) is 30.0 Å². The van der Waals surface area contributed by atoms with Crippen LogP contribution < -0.4 is 5.73 Å². The Morgan fingerprint density at radius 2 is 2.00 bits per heavy atom. The Labute approximate surface area is 130 Å². The molecule has 2 atom stereocenters. The Morgan fingerprint density at radius 1 is 1.35 bits per heavy atom. The molecule has 0 saturated heterocycles. The molecule has 0 aliphatic heterocycles. The predicted octanol–water partition coefficient (Wildman–Crippen LogP) is 3.88. The average molecular weight is 341 g/mol. The van der Waals surface area contributed by atoms with Gasteiger partial charge in [0.2, 0.25) is 5.91 Å². The van der Waals surface area contributed by atoms with E-state index in [0.29, 0.717) is 6.42 Å². The van der Waals surface area contributed by atoms with Crippen molar-refractivity contribution in [2.75, 3.05) is 6.54 Å². The molecule has 0 aliphatic carbocycles. The first-order chi connectivity index (χ1) is 9.51. The topological polar surface area (TPSA) is 46.3 Å². The molecule has 1 amide bonds. The van der Waals surface area contributed by atoms with Crippen molar-refractivity contribution < 1.29 is 4.79 Å². The van der Waals surface area contributed by atoms with Gasteiger partial charge in [0.25, 0.3) is 0 Å². The Kier molecular flexibility index (Phi) is 7.24. The lowest BCUT2D eigenvalue weighted by molar-refractivity contribution is -0.133. The summed E-state index contributed by atoms with van der Waals surface area (Å²) in [7, 11) is 0. The smallest absolute Gasteiger partial charge is 0.224 e. The average Bonchev–Trinajstić information content (AvgIpc) is 2.44. The summed E-state index contributed by atoms with van der Waals surface area (Å²) in [5.74, 6) is 0.143. The minimum Gasteiger partial charge on any atom is -0.336 e. The van der Waals surface area contributed by atoms with E-state index in [2.05, 4.69) is 35.8 Å². The van der Waals surface area contributed by atoms with Crippen molar-refractivity contribution in [3.05, 3.63) is 34.3 Å². The zero-order valence-electron chi connectivity index (χ0n) is 12.6. The third kappa shape index (κ3) is 4.60. The summed E-state index contributed by atoms with van der Waals surface area (Å²) in [6.07, 6.45) is 2.20. The summed E-state index contributed by atoms with van der Waals surface area (Å²) in [6, 6.07) is 8.07. The Morgan fingerprint density at radius 3 is 2.55 bits per heavy atom. The number of nitrogens with zero attached hydrogens (tertiary/aromatic N) is 1. The lowest BCUT2D eigenvalue weighted by atomic mass is 10.0. The van der Waals surface area contributed by atoms with Gasteiger partial charge < -0.3 is 10.6 Å². The molecule has 0 aliphatic rings. The number of hydrogen-bond acceptors (Lipinski definition) is 2. The predicted molar refractivity (Wildman–Crippen MR) is 87.4 cm³/mol. The molecule has 2 unspecified atom stereocenters. The monoisotopic (exact) mass is 340 g/mol. The van der Waals surface area contributed by atoms with Crippen LogP contribution >= 0.6 is 15.9 Å². The molecule has 0 radical (unpaired) electrons. The molecule has 3 nitrogen and oxygen atoms in total. The highest BCUT2D eigenvalue weighted by molar-refractivity contribution is 9.10. The Balaban J connectivity index is 2.90. The van der Waals surface area contributed by atoms with Gasteiger partial charge >= 0.3 is 0 Å². The number of nitrogens with two attached hydrogens (primary N) is 1. The summed E-state index contributed by atoms with van der Waals surface area (Å²) in [5, 5.41) is 0. The maximum absolute atomic E-state index is 12.5. The van der Waals surface area contributed by atoms with Crippen molar-refractivity contribution in [1.29, 1.82) is 0 Å². The molecule has 0 spiro atoms. The van der Waals surface area contributed by atoms with Crippen molar-refractivity contribution >= 4 is 21.8 Å². The van der Waals surface area contributed by atoms with E-state index in [0.717, 1.165) is 29.4 Å². The normalized spacial score (nSPS) is 13.8. The van der Waals surface area contributed by atoms with E-state index in [4.69, 9.17) is 5.73 Å². The second-order valence-corrected chi connectivity index (χ2v) is 6.01. The van der Waals surface area contributed by atoms with E-state index >= 15 is 0 Å². The molecule has 0 fully saturated rings. The van der Waals surface area contributed by atoms with Crippen molar-refractivity contribution in [3.8, 4) is 0 Å². The van der Waals surface area contributed by atoms with Crippen LogP contribution in [-0.4, -0.2) is 23.4 Å². The molecule has 0 heterocycles. The molecule has 0 aromatic heterocycles. The molecule has 0 bridgehead atoms. The summed E-state index contributed by atoms with van der Waals surface area (Å²) >= 11 is 3.57. The minimum absolute atomic E-state index is 0.0479. The second kappa shape index (κ2) is 8.42. The quantitative estimate of drug-likeness (QED) is 0.818. The van der Waals surface area contributed by atoms with Crippen LogP contribution in [0.2, 0.25) is 0 Å². The first-order valence-electron chi connectivity index (χ1n) is 7.30. The number of hydrogen-bond donors (Lipinski definition) is 1. The van der Waals surface area contributed by atoms with E-state index < -0.39 is 0 Å². The van der Waals surface area contributed by atoms with Crippen LogP contribution in [0.4, 0.5) is 0 Å². The lowest BCUT2D eigenvalue weighted by Gasteiger charge is -2.31. The van der Waals surface area contributed by atoms with Crippen LogP contribution in [-0.2, 0) is 4.79 Å². The van der Waals surface area contributed by atoms with Gasteiger partial charge in [0.05, 0.1) is 6.04 Å². The molecule has 2 N–H and O–H groups in total. The van der Waals surface area contributed by atoms with E-state index in [-0.39, 0.29) is 18.0 Å². The first-order valence-corrected chi connectivity index (χ1v) is 8.10. The number of carbonyl (C=O) groups is 1. The van der Waals surface area contributed by atoms with Gasteiger partial charge in [-0.2, -0.15) is 0 Å². The fourth-order valence-corrected chi connectivity index (χ4v) is 2.86. The highest BCUT2D eigenvalue weighted by Crippen LogP contribution is 2.28. The maximum Gasteiger partial charge on any atom is 0.224 e. The molecular weight excluding hydrogens is 316 g/mol. The maximum atomic E-state index is 12.5. The fraction of sp³-hybridized carbons (Fsp3) is 0.562. The molecule has 1 aromatic carbocycles. The largest absolute Gasteiger partial charge is 0.336 e. The Hall–Kier alpha value is -0.870. The van der Waals surface area contributed by atoms with E-state index in [1.54, 1.807) is 0 Å². The highest BCUT2D eigenvalue weighted by atomic mass is 79.9. The summed E-state index contributed by atoms with van der Waals surface area (Å²) in [5.41, 5.74) is 7.06. The van der Waals surface area contributed by atoms with Crippen LogP contribution in [0.1, 0.15) is 51.6 Å². The molecule has 0 saturated carbocycles. The molecule has 1 aromatic rings. The standard InChI is InChI=1S/C16H25BrN2O/c1-4-10-19(16(20)11-13(18)5-2)12(3)14-8-6-7-9-15(14)17/h6-9,12-13H,4-5,10-11,18H2,1-3H3. The SMILES string of the molecule is CCCN(C(=O)CC(N)CC)C(C)c1ccccc1Br. The number of carbonyl (C=O) groups excluding carboxylic acids is 1. The summed E-state index contributed by atoms with van der Waals surface area (Å²) in [4.78, 5) is 14.4. The molecule has 112 valence electrons. The van der Waals surface area contributed by atoms with Crippen molar-refractivity contribution in [2.24, 2.45) is 5.73 Å². The van der Waals surface area contributed by atoms with Crippen LogP contribution in [0.5, 0.6) is 0 Å². The zero-order chi connectivity index (χ0) is 15.1. The third-order valence-electron chi connectivity index (χ3n) is 3.57. The number of benzene rings is 1. The fourth-order valence-electron chi connectivity index (χ4n) is 2.24. The molecule has 1 rings (SSSR count). The number of halogens is 1. The van der Waals surface area contributed by atoms with E-state index in [9.17, 15) is 4.79 Å². The van der Waals surface area contributed by atoms with Gasteiger partial charge in [0.15, 0.2) is 0 Å². The highest BCUT2D eigenvalue weighted by Gasteiger charge is 2.23.